The number of terminal acetylenes is 1. The van der Waals surface area contributed by atoms with Gasteiger partial charge in [-0.3, -0.25) is 4.79 Å². The zero-order valence-electron chi connectivity index (χ0n) is 9.12. The Kier molecular flexibility index (Phi) is 4.63. The zero-order valence-corrected chi connectivity index (χ0v) is 9.12. The van der Waals surface area contributed by atoms with Gasteiger partial charge >= 0.3 is 0 Å². The molecule has 0 heterocycles. The molecule has 1 heteroatoms. The molecule has 0 fully saturated rings. The summed E-state index contributed by atoms with van der Waals surface area (Å²) < 4.78 is 0. The second-order valence-electron chi connectivity index (χ2n) is 3.70. The van der Waals surface area contributed by atoms with E-state index < -0.39 is 0 Å². The summed E-state index contributed by atoms with van der Waals surface area (Å²) in [5, 5.41) is 0. The van der Waals surface area contributed by atoms with Gasteiger partial charge in [0, 0.05) is 19.3 Å². The van der Waals surface area contributed by atoms with Gasteiger partial charge in [0.1, 0.15) is 5.78 Å². The van der Waals surface area contributed by atoms with E-state index in [0.717, 1.165) is 12.0 Å². The lowest BCUT2D eigenvalue weighted by Crippen LogP contribution is -2.03. The monoisotopic (exact) mass is 200 g/mol. The quantitative estimate of drug-likeness (QED) is 0.527. The number of Topliss-reactive ketones (excluding diaryl/α,β-unsaturated/α-hetero) is 1. The molecule has 0 aromatic heterocycles. The van der Waals surface area contributed by atoms with Crippen LogP contribution in [0.4, 0.5) is 0 Å². The van der Waals surface area contributed by atoms with E-state index in [-0.39, 0.29) is 5.78 Å². The van der Waals surface area contributed by atoms with E-state index in [0.29, 0.717) is 19.3 Å². The van der Waals surface area contributed by atoms with Crippen molar-refractivity contribution in [1.29, 1.82) is 0 Å². The van der Waals surface area contributed by atoms with Crippen LogP contribution in [0, 0.1) is 19.3 Å². The van der Waals surface area contributed by atoms with Crippen LogP contribution >= 0.6 is 0 Å². The number of carbonyl (C=O) groups excluding carboxylic acids is 1. The molecule has 0 N–H and O–H groups in total. The average molecular weight is 200 g/mol. The number of rotatable bonds is 5. The van der Waals surface area contributed by atoms with Crippen molar-refractivity contribution in [2.45, 2.75) is 32.6 Å². The molecule has 1 aromatic carbocycles. The van der Waals surface area contributed by atoms with E-state index in [1.807, 2.05) is 31.2 Å². The maximum absolute atomic E-state index is 11.6. The van der Waals surface area contributed by atoms with E-state index in [1.165, 1.54) is 5.56 Å². The Morgan fingerprint density at radius 3 is 2.80 bits per heavy atom. The first-order valence-electron chi connectivity index (χ1n) is 5.23. The van der Waals surface area contributed by atoms with Crippen LogP contribution in [-0.2, 0) is 11.2 Å². The lowest BCUT2D eigenvalue weighted by Gasteiger charge is -2.03. The molecule has 0 atom stereocenters. The van der Waals surface area contributed by atoms with E-state index in [4.69, 9.17) is 6.42 Å². The van der Waals surface area contributed by atoms with Crippen LogP contribution in [0.3, 0.4) is 0 Å². The van der Waals surface area contributed by atoms with Gasteiger partial charge in [-0.2, -0.15) is 0 Å². The molecule has 1 nitrogen and oxygen atoms in total. The second-order valence-corrected chi connectivity index (χ2v) is 3.70. The SMILES string of the molecule is C#CCCCC(=O)Cc1ccccc1C. The summed E-state index contributed by atoms with van der Waals surface area (Å²) in [6.45, 7) is 2.03. The Hall–Kier alpha value is -1.55. The molecular weight excluding hydrogens is 184 g/mol. The molecule has 0 aliphatic heterocycles. The first kappa shape index (κ1) is 11.5. The number of unbranched alkanes of at least 4 members (excludes halogenated alkanes) is 1. The molecule has 0 aliphatic carbocycles. The summed E-state index contributed by atoms with van der Waals surface area (Å²) in [6, 6.07) is 8.00. The molecule has 1 rings (SSSR count). The van der Waals surface area contributed by atoms with Crippen molar-refractivity contribution in [2.75, 3.05) is 0 Å². The lowest BCUT2D eigenvalue weighted by atomic mass is 10.0. The third-order valence-corrected chi connectivity index (χ3v) is 2.43. The Labute approximate surface area is 91.5 Å². The maximum Gasteiger partial charge on any atom is 0.137 e. The highest BCUT2D eigenvalue weighted by atomic mass is 16.1. The van der Waals surface area contributed by atoms with E-state index in [2.05, 4.69) is 5.92 Å². The van der Waals surface area contributed by atoms with E-state index in [9.17, 15) is 4.79 Å². The van der Waals surface area contributed by atoms with E-state index >= 15 is 0 Å². The van der Waals surface area contributed by atoms with Crippen LogP contribution < -0.4 is 0 Å². The first-order chi connectivity index (χ1) is 7.24. The highest BCUT2D eigenvalue weighted by Gasteiger charge is 2.04. The Bertz CT molecular complexity index is 371. The molecule has 15 heavy (non-hydrogen) atoms. The van der Waals surface area contributed by atoms with Gasteiger partial charge in [-0.1, -0.05) is 24.3 Å². The number of ketones is 1. The number of hydrogen-bond donors (Lipinski definition) is 0. The van der Waals surface area contributed by atoms with Crippen molar-refractivity contribution in [3.8, 4) is 12.3 Å². The largest absolute Gasteiger partial charge is 0.299 e. The van der Waals surface area contributed by atoms with Gasteiger partial charge in [-0.15, -0.1) is 12.3 Å². The molecule has 0 spiro atoms. The van der Waals surface area contributed by atoms with Crippen molar-refractivity contribution in [2.24, 2.45) is 0 Å². The van der Waals surface area contributed by atoms with Gasteiger partial charge in [0.15, 0.2) is 0 Å². The summed E-state index contributed by atoms with van der Waals surface area (Å²) in [7, 11) is 0. The van der Waals surface area contributed by atoms with Crippen LogP contribution in [0.1, 0.15) is 30.4 Å². The fraction of sp³-hybridized carbons (Fsp3) is 0.357. The molecule has 0 radical (unpaired) electrons. The smallest absolute Gasteiger partial charge is 0.137 e. The van der Waals surface area contributed by atoms with Crippen LogP contribution in [0.15, 0.2) is 24.3 Å². The average Bonchev–Trinajstić information content (AvgIpc) is 2.22. The zero-order chi connectivity index (χ0) is 11.1. The second kappa shape index (κ2) is 6.03. The van der Waals surface area contributed by atoms with Crippen molar-refractivity contribution in [3.63, 3.8) is 0 Å². The first-order valence-corrected chi connectivity index (χ1v) is 5.23. The minimum absolute atomic E-state index is 0.277. The standard InChI is InChI=1S/C14H16O/c1-3-4-5-10-14(15)11-13-9-7-6-8-12(13)2/h1,6-9H,4-5,10-11H2,2H3. The van der Waals surface area contributed by atoms with Gasteiger partial charge in [-0.25, -0.2) is 0 Å². The van der Waals surface area contributed by atoms with Crippen LogP contribution in [-0.4, -0.2) is 5.78 Å². The Balaban J connectivity index is 2.45. The normalized spacial score (nSPS) is 9.60. The van der Waals surface area contributed by atoms with Crippen molar-refractivity contribution >= 4 is 5.78 Å². The number of hydrogen-bond acceptors (Lipinski definition) is 1. The van der Waals surface area contributed by atoms with Crippen LogP contribution in [0.25, 0.3) is 0 Å². The van der Waals surface area contributed by atoms with Gasteiger partial charge < -0.3 is 0 Å². The fourth-order valence-electron chi connectivity index (χ4n) is 1.50. The molecule has 1 aromatic rings. The molecule has 0 amide bonds. The number of benzene rings is 1. The third-order valence-electron chi connectivity index (χ3n) is 2.43. The number of aryl methyl sites for hydroxylation is 1. The predicted molar refractivity (Wildman–Crippen MR) is 62.6 cm³/mol. The maximum atomic E-state index is 11.6. The van der Waals surface area contributed by atoms with Crippen LogP contribution in [0.5, 0.6) is 0 Å². The topological polar surface area (TPSA) is 17.1 Å². The Morgan fingerprint density at radius 1 is 1.40 bits per heavy atom. The van der Waals surface area contributed by atoms with Gasteiger partial charge in [0.2, 0.25) is 0 Å². The highest BCUT2D eigenvalue weighted by Crippen LogP contribution is 2.09. The minimum atomic E-state index is 0.277. The molecule has 0 unspecified atom stereocenters. The Morgan fingerprint density at radius 2 is 2.13 bits per heavy atom. The van der Waals surface area contributed by atoms with Crippen molar-refractivity contribution in [1.82, 2.24) is 0 Å². The van der Waals surface area contributed by atoms with Crippen molar-refractivity contribution in [3.05, 3.63) is 35.4 Å². The summed E-state index contributed by atoms with van der Waals surface area (Å²) in [6.07, 6.45) is 7.77. The number of carbonyl (C=O) groups is 1. The van der Waals surface area contributed by atoms with Gasteiger partial charge in [-0.05, 0) is 24.5 Å². The van der Waals surface area contributed by atoms with E-state index in [1.54, 1.807) is 0 Å². The summed E-state index contributed by atoms with van der Waals surface area (Å²) in [5.41, 5.74) is 2.31. The molecule has 0 aliphatic rings. The lowest BCUT2D eigenvalue weighted by molar-refractivity contribution is -0.118. The van der Waals surface area contributed by atoms with Gasteiger partial charge in [0.25, 0.3) is 0 Å². The molecule has 0 bridgehead atoms. The summed E-state index contributed by atoms with van der Waals surface area (Å²) >= 11 is 0. The fourth-order valence-corrected chi connectivity index (χ4v) is 1.50. The predicted octanol–water partition coefficient (Wildman–Crippen LogP) is 2.91. The molecular formula is C14H16O. The molecule has 78 valence electrons. The summed E-state index contributed by atoms with van der Waals surface area (Å²) in [5.74, 6) is 2.82. The third kappa shape index (κ3) is 3.99. The van der Waals surface area contributed by atoms with Crippen LogP contribution in [0.2, 0.25) is 0 Å². The van der Waals surface area contributed by atoms with Gasteiger partial charge in [0.05, 0.1) is 0 Å². The summed E-state index contributed by atoms with van der Waals surface area (Å²) in [4.78, 5) is 11.6. The highest BCUT2D eigenvalue weighted by molar-refractivity contribution is 5.81. The van der Waals surface area contributed by atoms with Crippen molar-refractivity contribution < 1.29 is 4.79 Å². The molecule has 0 saturated heterocycles. The minimum Gasteiger partial charge on any atom is -0.299 e. The molecule has 0 saturated carbocycles.